The number of hydrogen-bond donors (Lipinski definition) is 1. The van der Waals surface area contributed by atoms with E-state index in [-0.39, 0.29) is 18.3 Å². The lowest BCUT2D eigenvalue weighted by Crippen LogP contribution is -2.40. The second kappa shape index (κ2) is 6.66. The number of hydrogen-bond acceptors (Lipinski definition) is 2. The Morgan fingerprint density at radius 1 is 1.33 bits per heavy atom. The summed E-state index contributed by atoms with van der Waals surface area (Å²) < 4.78 is 24.3. The highest BCUT2D eigenvalue weighted by Crippen LogP contribution is 2.32. The lowest BCUT2D eigenvalue weighted by Gasteiger charge is -2.29. The highest BCUT2D eigenvalue weighted by Gasteiger charge is 2.34. The second-order valence-electron chi connectivity index (χ2n) is 5.34. The van der Waals surface area contributed by atoms with Crippen molar-refractivity contribution in [3.05, 3.63) is 0 Å². The Morgan fingerprint density at radius 2 is 1.89 bits per heavy atom. The average molecular weight is 283 g/mol. The van der Waals surface area contributed by atoms with Gasteiger partial charge in [-0.05, 0) is 31.6 Å². The summed E-state index contributed by atoms with van der Waals surface area (Å²) >= 11 is 0. The van der Waals surface area contributed by atoms with Crippen LogP contribution in [0.2, 0.25) is 0 Å². The van der Waals surface area contributed by atoms with Crippen molar-refractivity contribution in [1.82, 2.24) is 10.2 Å². The van der Waals surface area contributed by atoms with Crippen LogP contribution in [-0.4, -0.2) is 42.9 Å². The number of carbonyl (C=O) groups excluding carboxylic acids is 1. The van der Waals surface area contributed by atoms with Crippen molar-refractivity contribution >= 4 is 18.3 Å². The standard InChI is InChI=1S/C12H20F2N2O.ClH/c1-16(7-11(13)14)12(17)6-8-4-9-2-3-10(5-8)15-9;/h8-11,15H,2-7H2,1H3;1H. The summed E-state index contributed by atoms with van der Waals surface area (Å²) in [6, 6.07) is 1.10. The topological polar surface area (TPSA) is 32.3 Å². The first-order chi connectivity index (χ1) is 8.04. The number of nitrogens with one attached hydrogen (secondary N) is 1. The van der Waals surface area contributed by atoms with Crippen LogP contribution in [0.15, 0.2) is 0 Å². The number of rotatable bonds is 4. The first kappa shape index (κ1) is 15.6. The van der Waals surface area contributed by atoms with Gasteiger partial charge in [0.2, 0.25) is 5.91 Å². The monoisotopic (exact) mass is 282 g/mol. The van der Waals surface area contributed by atoms with E-state index in [0.29, 0.717) is 24.4 Å². The fourth-order valence-corrected chi connectivity index (χ4v) is 3.05. The molecule has 2 atom stereocenters. The van der Waals surface area contributed by atoms with Crippen LogP contribution in [-0.2, 0) is 4.79 Å². The summed E-state index contributed by atoms with van der Waals surface area (Å²) in [6.07, 6.45) is 2.42. The molecule has 0 spiro atoms. The van der Waals surface area contributed by atoms with E-state index in [9.17, 15) is 13.6 Å². The first-order valence-electron chi connectivity index (χ1n) is 6.32. The van der Waals surface area contributed by atoms with Crippen LogP contribution in [0.4, 0.5) is 8.78 Å². The van der Waals surface area contributed by atoms with Gasteiger partial charge in [0, 0.05) is 25.6 Å². The molecule has 0 aromatic rings. The van der Waals surface area contributed by atoms with Gasteiger partial charge in [-0.25, -0.2) is 8.78 Å². The Hall–Kier alpha value is -0.420. The van der Waals surface area contributed by atoms with E-state index < -0.39 is 13.0 Å². The van der Waals surface area contributed by atoms with E-state index in [1.165, 1.54) is 19.9 Å². The molecule has 0 aromatic heterocycles. The Labute approximate surface area is 113 Å². The molecule has 0 aromatic carbocycles. The molecule has 3 nitrogen and oxygen atoms in total. The molecule has 2 aliphatic heterocycles. The van der Waals surface area contributed by atoms with Gasteiger partial charge in [-0.15, -0.1) is 12.4 Å². The molecule has 0 radical (unpaired) electrons. The van der Waals surface area contributed by atoms with E-state index in [2.05, 4.69) is 5.32 Å². The van der Waals surface area contributed by atoms with Gasteiger partial charge >= 0.3 is 0 Å². The molecular formula is C12H21ClF2N2O. The van der Waals surface area contributed by atoms with E-state index in [0.717, 1.165) is 17.7 Å². The van der Waals surface area contributed by atoms with Crippen molar-refractivity contribution in [2.45, 2.75) is 50.6 Å². The fraction of sp³-hybridized carbons (Fsp3) is 0.917. The summed E-state index contributed by atoms with van der Waals surface area (Å²) in [7, 11) is 1.46. The van der Waals surface area contributed by atoms with Gasteiger partial charge in [0.1, 0.15) is 0 Å². The average Bonchev–Trinajstić information content (AvgIpc) is 2.57. The minimum absolute atomic E-state index is 0. The highest BCUT2D eigenvalue weighted by molar-refractivity contribution is 5.85. The largest absolute Gasteiger partial charge is 0.340 e. The van der Waals surface area contributed by atoms with E-state index in [4.69, 9.17) is 0 Å². The molecule has 2 bridgehead atoms. The quantitative estimate of drug-likeness (QED) is 0.856. The highest BCUT2D eigenvalue weighted by atomic mass is 35.5. The molecule has 0 aliphatic carbocycles. The molecule has 106 valence electrons. The molecule has 1 amide bonds. The molecule has 2 aliphatic rings. The Kier molecular flexibility index (Phi) is 5.79. The zero-order valence-corrected chi connectivity index (χ0v) is 11.4. The third-order valence-electron chi connectivity index (χ3n) is 3.87. The Balaban J connectivity index is 0.00000162. The summed E-state index contributed by atoms with van der Waals surface area (Å²) in [5, 5.41) is 3.51. The number of alkyl halides is 2. The van der Waals surface area contributed by atoms with Crippen LogP contribution in [0.5, 0.6) is 0 Å². The third-order valence-corrected chi connectivity index (χ3v) is 3.87. The van der Waals surface area contributed by atoms with Gasteiger partial charge in [-0.3, -0.25) is 4.79 Å². The molecule has 0 saturated carbocycles. The number of fused-ring (bicyclic) bond motifs is 2. The number of nitrogens with zero attached hydrogens (tertiary/aromatic N) is 1. The summed E-state index contributed by atoms with van der Waals surface area (Å²) in [6.45, 7) is -0.448. The van der Waals surface area contributed by atoms with Gasteiger partial charge in [0.25, 0.3) is 6.43 Å². The van der Waals surface area contributed by atoms with E-state index in [1.54, 1.807) is 0 Å². The van der Waals surface area contributed by atoms with Crippen LogP contribution in [0, 0.1) is 5.92 Å². The maximum Gasteiger partial charge on any atom is 0.255 e. The zero-order valence-electron chi connectivity index (χ0n) is 10.6. The first-order valence-corrected chi connectivity index (χ1v) is 6.32. The van der Waals surface area contributed by atoms with Crippen molar-refractivity contribution in [2.24, 2.45) is 5.92 Å². The zero-order chi connectivity index (χ0) is 12.4. The third kappa shape index (κ3) is 4.05. The molecule has 18 heavy (non-hydrogen) atoms. The van der Waals surface area contributed by atoms with E-state index in [1.807, 2.05) is 0 Å². The summed E-state index contributed by atoms with van der Waals surface area (Å²) in [5.74, 6) is 0.234. The van der Waals surface area contributed by atoms with Crippen molar-refractivity contribution in [1.29, 1.82) is 0 Å². The molecule has 2 fully saturated rings. The van der Waals surface area contributed by atoms with Crippen LogP contribution in [0.3, 0.4) is 0 Å². The minimum atomic E-state index is -2.44. The van der Waals surface area contributed by atoms with E-state index >= 15 is 0 Å². The normalized spacial score (nSPS) is 30.1. The lowest BCUT2D eigenvalue weighted by atomic mass is 9.89. The molecule has 2 unspecified atom stereocenters. The van der Waals surface area contributed by atoms with Gasteiger partial charge in [-0.1, -0.05) is 0 Å². The molecule has 6 heteroatoms. The summed E-state index contributed by atoms with van der Waals surface area (Å²) in [5.41, 5.74) is 0. The van der Waals surface area contributed by atoms with Gasteiger partial charge in [0.05, 0.1) is 6.54 Å². The predicted octanol–water partition coefficient (Wildman–Crippen LogP) is 2.05. The van der Waals surface area contributed by atoms with Crippen molar-refractivity contribution < 1.29 is 13.6 Å². The van der Waals surface area contributed by atoms with Crippen molar-refractivity contribution in [3.8, 4) is 0 Å². The van der Waals surface area contributed by atoms with Crippen LogP contribution in [0.25, 0.3) is 0 Å². The van der Waals surface area contributed by atoms with Crippen LogP contribution >= 0.6 is 12.4 Å². The van der Waals surface area contributed by atoms with Crippen molar-refractivity contribution in [2.75, 3.05) is 13.6 Å². The predicted molar refractivity (Wildman–Crippen MR) is 68.2 cm³/mol. The van der Waals surface area contributed by atoms with Gasteiger partial charge in [0.15, 0.2) is 0 Å². The Morgan fingerprint density at radius 3 is 2.39 bits per heavy atom. The summed E-state index contributed by atoms with van der Waals surface area (Å²) in [4.78, 5) is 12.9. The lowest BCUT2D eigenvalue weighted by molar-refractivity contribution is -0.132. The molecule has 2 heterocycles. The van der Waals surface area contributed by atoms with Crippen LogP contribution < -0.4 is 5.32 Å². The maximum atomic E-state index is 12.2. The molecule has 1 N–H and O–H groups in total. The number of piperidine rings is 1. The van der Waals surface area contributed by atoms with Gasteiger partial charge in [-0.2, -0.15) is 0 Å². The van der Waals surface area contributed by atoms with Crippen molar-refractivity contribution in [3.63, 3.8) is 0 Å². The fourth-order valence-electron chi connectivity index (χ4n) is 3.05. The smallest absolute Gasteiger partial charge is 0.255 e. The molecular weight excluding hydrogens is 262 g/mol. The number of halogens is 3. The minimum Gasteiger partial charge on any atom is -0.340 e. The maximum absolute atomic E-state index is 12.2. The van der Waals surface area contributed by atoms with Gasteiger partial charge < -0.3 is 10.2 Å². The number of carbonyl (C=O) groups is 1. The Bertz CT molecular complexity index is 279. The SMILES string of the molecule is CN(CC(F)F)C(=O)CC1CC2CCC(C1)N2.Cl. The number of amides is 1. The second-order valence-corrected chi connectivity index (χ2v) is 5.34. The molecule has 2 saturated heterocycles. The molecule has 2 rings (SSSR count). The van der Waals surface area contributed by atoms with Crippen LogP contribution in [0.1, 0.15) is 32.1 Å².